The summed E-state index contributed by atoms with van der Waals surface area (Å²) in [6.45, 7) is 9.15. The summed E-state index contributed by atoms with van der Waals surface area (Å²) in [7, 11) is -1.57. The molecule has 0 unspecified atom stereocenters. The van der Waals surface area contributed by atoms with E-state index in [-0.39, 0.29) is 24.9 Å². The van der Waals surface area contributed by atoms with Crippen molar-refractivity contribution in [3.8, 4) is 0 Å². The van der Waals surface area contributed by atoms with Crippen molar-refractivity contribution in [3.05, 3.63) is 0 Å². The Kier molecular flexibility index (Phi) is 7.58. The van der Waals surface area contributed by atoms with Crippen LogP contribution in [0.4, 0.5) is 0 Å². The molecule has 0 amide bonds. The summed E-state index contributed by atoms with van der Waals surface area (Å²) in [4.78, 5) is 0. The highest BCUT2D eigenvalue weighted by atomic mass is 28.4. The van der Waals surface area contributed by atoms with Crippen LogP contribution in [-0.2, 0) is 9.16 Å². The zero-order chi connectivity index (χ0) is 14.3. The van der Waals surface area contributed by atoms with E-state index in [0.717, 1.165) is 6.42 Å². The predicted octanol–water partition coefficient (Wildman–Crippen LogP) is 3.72. The van der Waals surface area contributed by atoms with E-state index in [9.17, 15) is 5.11 Å². The molecule has 1 rings (SSSR count). The largest absolute Gasteiger partial charge is 0.411 e. The van der Waals surface area contributed by atoms with Crippen LogP contribution in [0, 0.1) is 0 Å². The number of unbranched alkanes of at least 4 members (excludes halogenated alkanes) is 2. The van der Waals surface area contributed by atoms with Crippen LogP contribution < -0.4 is 0 Å². The molecule has 0 aromatic rings. The molecule has 4 heteroatoms. The average molecular weight is 289 g/mol. The van der Waals surface area contributed by atoms with E-state index in [1.165, 1.54) is 37.4 Å². The third-order valence-electron chi connectivity index (χ3n) is 4.59. The monoisotopic (exact) mass is 288 g/mol. The van der Waals surface area contributed by atoms with Crippen LogP contribution in [0.2, 0.25) is 18.1 Å². The average Bonchev–Trinajstić information content (AvgIpc) is 3.23. The van der Waals surface area contributed by atoms with Gasteiger partial charge in [0, 0.05) is 0 Å². The van der Waals surface area contributed by atoms with Crippen molar-refractivity contribution in [3.63, 3.8) is 0 Å². The second kappa shape index (κ2) is 8.40. The summed E-state index contributed by atoms with van der Waals surface area (Å²) in [6, 6.07) is 3.54. The van der Waals surface area contributed by atoms with Gasteiger partial charge in [-0.05, 0) is 24.6 Å². The molecule has 0 aromatic carbocycles. The molecule has 3 nitrogen and oxygen atoms in total. The fourth-order valence-corrected chi connectivity index (χ4v) is 5.73. The third-order valence-corrected chi connectivity index (χ3v) is 9.26. The Morgan fingerprint density at radius 2 is 1.74 bits per heavy atom. The van der Waals surface area contributed by atoms with Crippen LogP contribution in [0.15, 0.2) is 0 Å². The van der Waals surface area contributed by atoms with Gasteiger partial charge in [-0.25, -0.2) is 0 Å². The Hall–Kier alpha value is 0.0969. The van der Waals surface area contributed by atoms with E-state index in [1.54, 1.807) is 0 Å². The molecule has 0 aromatic heterocycles. The van der Waals surface area contributed by atoms with Crippen LogP contribution in [0.5, 0.6) is 0 Å². The van der Waals surface area contributed by atoms with Crippen molar-refractivity contribution < 1.29 is 14.3 Å². The number of hydrogen-bond donors (Lipinski definition) is 1. The summed E-state index contributed by atoms with van der Waals surface area (Å²) in [5, 5.41) is 9.20. The van der Waals surface area contributed by atoms with Gasteiger partial charge in [0.25, 0.3) is 0 Å². The highest BCUT2D eigenvalue weighted by Crippen LogP contribution is 2.34. The molecule has 3 atom stereocenters. The number of ether oxygens (including phenoxy) is 1. The maximum absolute atomic E-state index is 9.20. The second-order valence-corrected chi connectivity index (χ2v) is 10.4. The summed E-state index contributed by atoms with van der Waals surface area (Å²) in [6.07, 6.45) is 5.19. The van der Waals surface area contributed by atoms with E-state index in [0.29, 0.717) is 0 Å². The fraction of sp³-hybridized carbons (Fsp3) is 1.00. The molecule has 0 saturated carbocycles. The normalized spacial score (nSPS) is 24.5. The van der Waals surface area contributed by atoms with Gasteiger partial charge >= 0.3 is 0 Å². The SMILES string of the molecule is CCCCC[C@H](O[Si](CC)(CC)CC)[C@@H]1O[C@H]1CO. The lowest BCUT2D eigenvalue weighted by Crippen LogP contribution is -2.42. The molecule has 0 aliphatic carbocycles. The molecule has 0 bridgehead atoms. The first kappa shape index (κ1) is 17.1. The van der Waals surface area contributed by atoms with Gasteiger partial charge in [0.15, 0.2) is 8.32 Å². The molecule has 114 valence electrons. The van der Waals surface area contributed by atoms with Gasteiger partial charge < -0.3 is 14.3 Å². The molecule has 1 saturated heterocycles. The van der Waals surface area contributed by atoms with Gasteiger partial charge in [0.1, 0.15) is 12.2 Å². The summed E-state index contributed by atoms with van der Waals surface area (Å²) in [5.74, 6) is 0. The van der Waals surface area contributed by atoms with Crippen LogP contribution in [-0.4, -0.2) is 38.3 Å². The van der Waals surface area contributed by atoms with Crippen molar-refractivity contribution >= 4 is 8.32 Å². The highest BCUT2D eigenvalue weighted by molar-refractivity contribution is 6.73. The van der Waals surface area contributed by atoms with Gasteiger partial charge in [0.05, 0.1) is 12.7 Å². The Morgan fingerprint density at radius 1 is 1.11 bits per heavy atom. The van der Waals surface area contributed by atoms with Crippen molar-refractivity contribution in [2.75, 3.05) is 6.61 Å². The number of rotatable bonds is 11. The highest BCUT2D eigenvalue weighted by Gasteiger charge is 2.47. The molecular weight excluding hydrogens is 256 g/mol. The lowest BCUT2D eigenvalue weighted by atomic mass is 10.1. The minimum absolute atomic E-state index is 0.0314. The van der Waals surface area contributed by atoms with E-state index < -0.39 is 8.32 Å². The van der Waals surface area contributed by atoms with Crippen LogP contribution >= 0.6 is 0 Å². The molecular formula is C15H32O3Si. The van der Waals surface area contributed by atoms with Crippen molar-refractivity contribution in [1.82, 2.24) is 0 Å². The zero-order valence-electron chi connectivity index (χ0n) is 13.2. The first-order valence-electron chi connectivity index (χ1n) is 8.10. The number of epoxide rings is 1. The van der Waals surface area contributed by atoms with Crippen molar-refractivity contribution in [1.29, 1.82) is 0 Å². The Morgan fingerprint density at radius 3 is 2.16 bits per heavy atom. The third kappa shape index (κ3) is 4.85. The molecule has 0 spiro atoms. The van der Waals surface area contributed by atoms with Crippen molar-refractivity contribution in [2.24, 2.45) is 0 Å². The molecule has 1 heterocycles. The number of aliphatic hydroxyl groups is 1. The van der Waals surface area contributed by atoms with Gasteiger partial charge in [-0.1, -0.05) is 47.0 Å². The Bertz CT molecular complexity index is 235. The molecule has 19 heavy (non-hydrogen) atoms. The minimum atomic E-state index is -1.57. The molecule has 1 aliphatic heterocycles. The first-order chi connectivity index (χ1) is 9.16. The van der Waals surface area contributed by atoms with Gasteiger partial charge in [-0.15, -0.1) is 0 Å². The van der Waals surface area contributed by atoms with Gasteiger partial charge in [0.2, 0.25) is 0 Å². The summed E-state index contributed by atoms with van der Waals surface area (Å²) < 4.78 is 12.2. The van der Waals surface area contributed by atoms with Gasteiger partial charge in [-0.3, -0.25) is 0 Å². The van der Waals surface area contributed by atoms with Crippen LogP contribution in [0.25, 0.3) is 0 Å². The maximum Gasteiger partial charge on any atom is 0.192 e. The lowest BCUT2D eigenvalue weighted by Gasteiger charge is -2.33. The van der Waals surface area contributed by atoms with Crippen LogP contribution in [0.1, 0.15) is 53.4 Å². The molecule has 1 N–H and O–H groups in total. The van der Waals surface area contributed by atoms with Gasteiger partial charge in [-0.2, -0.15) is 0 Å². The molecule has 0 radical (unpaired) electrons. The number of hydrogen-bond acceptors (Lipinski definition) is 3. The Labute approximate surface area is 119 Å². The first-order valence-corrected chi connectivity index (χ1v) is 10.6. The van der Waals surface area contributed by atoms with E-state index in [1.807, 2.05) is 0 Å². The van der Waals surface area contributed by atoms with E-state index in [4.69, 9.17) is 9.16 Å². The smallest absolute Gasteiger partial charge is 0.192 e. The molecule has 1 aliphatic rings. The minimum Gasteiger partial charge on any atom is -0.411 e. The zero-order valence-corrected chi connectivity index (χ0v) is 14.2. The summed E-state index contributed by atoms with van der Waals surface area (Å²) in [5.41, 5.74) is 0. The second-order valence-electron chi connectivity index (χ2n) is 5.72. The van der Waals surface area contributed by atoms with Crippen molar-refractivity contribution in [2.45, 2.75) is 89.8 Å². The fourth-order valence-electron chi connectivity index (χ4n) is 2.84. The summed E-state index contributed by atoms with van der Waals surface area (Å²) >= 11 is 0. The Balaban J connectivity index is 2.57. The standard InChI is InChI=1S/C15H32O3Si/c1-5-9-10-11-13(15-14(12-16)17-15)18-19(6-2,7-3)8-4/h13-16H,5-12H2,1-4H3/t13-,14-,15-/m0/s1. The molecule has 1 fully saturated rings. The maximum atomic E-state index is 9.20. The number of aliphatic hydroxyl groups excluding tert-OH is 1. The van der Waals surface area contributed by atoms with Crippen LogP contribution in [0.3, 0.4) is 0 Å². The quantitative estimate of drug-likeness (QED) is 0.358. The lowest BCUT2D eigenvalue weighted by molar-refractivity contribution is 0.135. The van der Waals surface area contributed by atoms with E-state index >= 15 is 0 Å². The predicted molar refractivity (Wildman–Crippen MR) is 82.0 cm³/mol. The topological polar surface area (TPSA) is 42.0 Å². The van der Waals surface area contributed by atoms with E-state index in [2.05, 4.69) is 27.7 Å².